The van der Waals surface area contributed by atoms with E-state index in [-0.39, 0.29) is 18.0 Å². The number of carbonyl (C=O) groups excluding carboxylic acids is 1. The van der Waals surface area contributed by atoms with E-state index in [4.69, 9.17) is 9.84 Å². The third kappa shape index (κ3) is 4.88. The molecule has 0 aromatic heterocycles. The van der Waals surface area contributed by atoms with Gasteiger partial charge in [-0.3, -0.25) is 0 Å². The summed E-state index contributed by atoms with van der Waals surface area (Å²) in [6, 6.07) is 7.33. The lowest BCUT2D eigenvalue weighted by Gasteiger charge is -2.20. The Morgan fingerprint density at radius 3 is 2.44 bits per heavy atom. The highest BCUT2D eigenvalue weighted by Gasteiger charge is 2.16. The Hall–Kier alpha value is -1.35. The smallest absolute Gasteiger partial charge is 0.338 e. The van der Waals surface area contributed by atoms with Gasteiger partial charge in [0.25, 0.3) is 0 Å². The van der Waals surface area contributed by atoms with E-state index in [1.807, 2.05) is 32.9 Å². The second-order valence-electron chi connectivity index (χ2n) is 5.43. The van der Waals surface area contributed by atoms with E-state index in [9.17, 15) is 4.79 Å². The highest BCUT2D eigenvalue weighted by atomic mass is 16.5. The van der Waals surface area contributed by atoms with Crippen molar-refractivity contribution in [2.75, 3.05) is 13.2 Å². The first-order chi connectivity index (χ1) is 8.44. The predicted octanol–water partition coefficient (Wildman–Crippen LogP) is 2.95. The predicted molar refractivity (Wildman–Crippen MR) is 71.6 cm³/mol. The first-order valence-electron chi connectivity index (χ1n) is 6.29. The van der Waals surface area contributed by atoms with Crippen LogP contribution < -0.4 is 0 Å². The maximum Gasteiger partial charge on any atom is 0.338 e. The van der Waals surface area contributed by atoms with Crippen LogP contribution in [0.5, 0.6) is 0 Å². The molecule has 0 amide bonds. The molecule has 1 aromatic carbocycles. The van der Waals surface area contributed by atoms with E-state index >= 15 is 0 Å². The Morgan fingerprint density at radius 1 is 1.28 bits per heavy atom. The molecule has 3 heteroatoms. The third-order valence-corrected chi connectivity index (χ3v) is 2.95. The zero-order valence-electron chi connectivity index (χ0n) is 11.4. The maximum absolute atomic E-state index is 11.7. The van der Waals surface area contributed by atoms with Crippen molar-refractivity contribution >= 4 is 5.97 Å². The van der Waals surface area contributed by atoms with Gasteiger partial charge in [0.15, 0.2) is 0 Å². The number of ether oxygens (including phenoxy) is 1. The minimum Gasteiger partial charge on any atom is -0.462 e. The number of aryl methyl sites for hydroxylation is 1. The zero-order chi connectivity index (χ0) is 13.6. The molecular formula is C15H22O3. The zero-order valence-corrected chi connectivity index (χ0v) is 11.4. The fraction of sp³-hybridized carbons (Fsp3) is 0.533. The second kappa shape index (κ2) is 6.55. The molecule has 1 N–H and O–H groups in total. The molecule has 0 aliphatic rings. The van der Waals surface area contributed by atoms with Gasteiger partial charge in [0.05, 0.1) is 12.2 Å². The Labute approximate surface area is 109 Å². The van der Waals surface area contributed by atoms with Crippen LogP contribution in [0.4, 0.5) is 0 Å². The Morgan fingerprint density at radius 2 is 1.89 bits per heavy atom. The van der Waals surface area contributed by atoms with Crippen molar-refractivity contribution in [2.45, 2.75) is 33.6 Å². The molecule has 100 valence electrons. The second-order valence-corrected chi connectivity index (χ2v) is 5.43. The monoisotopic (exact) mass is 250 g/mol. The van der Waals surface area contributed by atoms with Gasteiger partial charge < -0.3 is 9.84 Å². The molecule has 18 heavy (non-hydrogen) atoms. The molecule has 1 aromatic rings. The van der Waals surface area contributed by atoms with Crippen molar-refractivity contribution in [2.24, 2.45) is 5.41 Å². The average molecular weight is 250 g/mol. The molecule has 0 saturated carbocycles. The van der Waals surface area contributed by atoms with Crippen LogP contribution in [0.3, 0.4) is 0 Å². The van der Waals surface area contributed by atoms with Crippen molar-refractivity contribution < 1.29 is 14.6 Å². The average Bonchev–Trinajstić information content (AvgIpc) is 2.35. The van der Waals surface area contributed by atoms with Gasteiger partial charge in [-0.05, 0) is 37.3 Å². The van der Waals surface area contributed by atoms with Gasteiger partial charge >= 0.3 is 5.97 Å². The SMILES string of the molecule is Cc1ccc(C(=O)OCCCC(C)(C)CO)cc1. The van der Waals surface area contributed by atoms with Crippen LogP contribution in [-0.2, 0) is 4.74 Å². The summed E-state index contributed by atoms with van der Waals surface area (Å²) in [7, 11) is 0. The summed E-state index contributed by atoms with van der Waals surface area (Å²) in [6.07, 6.45) is 1.61. The number of hydrogen-bond donors (Lipinski definition) is 1. The summed E-state index contributed by atoms with van der Waals surface area (Å²) in [5, 5.41) is 9.10. The van der Waals surface area contributed by atoms with Crippen molar-refractivity contribution in [1.29, 1.82) is 0 Å². The Balaban J connectivity index is 2.32. The highest BCUT2D eigenvalue weighted by molar-refractivity contribution is 5.89. The summed E-state index contributed by atoms with van der Waals surface area (Å²) >= 11 is 0. The van der Waals surface area contributed by atoms with Crippen molar-refractivity contribution in [3.8, 4) is 0 Å². The Bertz CT molecular complexity index is 379. The van der Waals surface area contributed by atoms with Gasteiger partial charge in [-0.15, -0.1) is 0 Å². The molecule has 0 fully saturated rings. The summed E-state index contributed by atoms with van der Waals surface area (Å²) in [5.41, 5.74) is 1.61. The number of rotatable bonds is 6. The summed E-state index contributed by atoms with van der Waals surface area (Å²) in [6.45, 7) is 6.52. The lowest BCUT2D eigenvalue weighted by atomic mass is 9.89. The summed E-state index contributed by atoms with van der Waals surface area (Å²) in [5.74, 6) is -0.281. The topological polar surface area (TPSA) is 46.5 Å². The van der Waals surface area contributed by atoms with Crippen LogP contribution in [-0.4, -0.2) is 24.3 Å². The van der Waals surface area contributed by atoms with E-state index in [1.165, 1.54) is 0 Å². The molecule has 1 rings (SSSR count). The largest absolute Gasteiger partial charge is 0.462 e. The minimum atomic E-state index is -0.281. The molecular weight excluding hydrogens is 228 g/mol. The van der Waals surface area contributed by atoms with E-state index in [0.29, 0.717) is 12.2 Å². The van der Waals surface area contributed by atoms with Gasteiger partial charge in [0.2, 0.25) is 0 Å². The lowest BCUT2D eigenvalue weighted by Crippen LogP contribution is -2.17. The Kier molecular flexibility index (Phi) is 5.35. The summed E-state index contributed by atoms with van der Waals surface area (Å²) in [4.78, 5) is 11.7. The van der Waals surface area contributed by atoms with Gasteiger partial charge in [0, 0.05) is 6.61 Å². The molecule has 3 nitrogen and oxygen atoms in total. The number of carbonyl (C=O) groups is 1. The molecule has 0 radical (unpaired) electrons. The van der Waals surface area contributed by atoms with Crippen LogP contribution in [0.25, 0.3) is 0 Å². The van der Waals surface area contributed by atoms with Gasteiger partial charge in [0.1, 0.15) is 0 Å². The number of esters is 1. The van der Waals surface area contributed by atoms with E-state index in [0.717, 1.165) is 18.4 Å². The van der Waals surface area contributed by atoms with Crippen molar-refractivity contribution in [1.82, 2.24) is 0 Å². The first kappa shape index (κ1) is 14.7. The number of aliphatic hydroxyl groups is 1. The molecule has 0 aliphatic carbocycles. The lowest BCUT2D eigenvalue weighted by molar-refractivity contribution is 0.0474. The van der Waals surface area contributed by atoms with Gasteiger partial charge in [-0.1, -0.05) is 31.5 Å². The molecule has 0 aliphatic heterocycles. The first-order valence-corrected chi connectivity index (χ1v) is 6.29. The van der Waals surface area contributed by atoms with Crippen LogP contribution in [0, 0.1) is 12.3 Å². The van der Waals surface area contributed by atoms with Gasteiger partial charge in [-0.25, -0.2) is 4.79 Å². The van der Waals surface area contributed by atoms with Crippen LogP contribution in [0.15, 0.2) is 24.3 Å². The third-order valence-electron chi connectivity index (χ3n) is 2.95. The van der Waals surface area contributed by atoms with Gasteiger partial charge in [-0.2, -0.15) is 0 Å². The maximum atomic E-state index is 11.7. The molecule has 0 bridgehead atoms. The minimum absolute atomic E-state index is 0.101. The highest BCUT2D eigenvalue weighted by Crippen LogP contribution is 2.20. The normalized spacial score (nSPS) is 11.3. The quantitative estimate of drug-likeness (QED) is 0.623. The molecule has 0 atom stereocenters. The van der Waals surface area contributed by atoms with Crippen molar-refractivity contribution in [3.05, 3.63) is 35.4 Å². The van der Waals surface area contributed by atoms with E-state index in [2.05, 4.69) is 0 Å². The van der Waals surface area contributed by atoms with Crippen LogP contribution in [0.1, 0.15) is 42.6 Å². The molecule has 0 heterocycles. The van der Waals surface area contributed by atoms with Crippen LogP contribution >= 0.6 is 0 Å². The molecule has 0 saturated heterocycles. The van der Waals surface area contributed by atoms with Crippen LogP contribution in [0.2, 0.25) is 0 Å². The fourth-order valence-electron chi connectivity index (χ4n) is 1.57. The summed E-state index contributed by atoms with van der Waals surface area (Å²) < 4.78 is 5.19. The van der Waals surface area contributed by atoms with E-state index in [1.54, 1.807) is 12.1 Å². The fourth-order valence-corrected chi connectivity index (χ4v) is 1.57. The number of aliphatic hydroxyl groups excluding tert-OH is 1. The standard InChI is InChI=1S/C15H22O3/c1-12-5-7-13(8-6-12)14(17)18-10-4-9-15(2,3)11-16/h5-8,16H,4,9-11H2,1-3H3. The van der Waals surface area contributed by atoms with E-state index < -0.39 is 0 Å². The molecule has 0 unspecified atom stereocenters. The van der Waals surface area contributed by atoms with Crippen molar-refractivity contribution in [3.63, 3.8) is 0 Å². The molecule has 0 spiro atoms. The number of benzene rings is 1. The number of hydrogen-bond acceptors (Lipinski definition) is 3.